The quantitative estimate of drug-likeness (QED) is 0.618. The summed E-state index contributed by atoms with van der Waals surface area (Å²) in [6.07, 6.45) is 3.51. The van der Waals surface area contributed by atoms with Crippen LogP contribution in [0.15, 0.2) is 71.5 Å². The largest absolute Gasteiger partial charge is 0.489 e. The lowest BCUT2D eigenvalue weighted by atomic mass is 10.0. The molecule has 1 atom stereocenters. The SMILES string of the molecule is CSc1nc2n(n1)[C@@H](c1ccc(OCc3ccccc3)cc1)C=C(C(=O)O)N2. The lowest BCUT2D eigenvalue weighted by Crippen LogP contribution is -2.24. The Kier molecular flexibility index (Phi) is 5.03. The van der Waals surface area contributed by atoms with Crippen LogP contribution in [0.1, 0.15) is 17.2 Å². The Morgan fingerprint density at radius 3 is 2.64 bits per heavy atom. The van der Waals surface area contributed by atoms with Crippen molar-refractivity contribution in [1.29, 1.82) is 0 Å². The number of hydrogen-bond acceptors (Lipinski definition) is 6. The van der Waals surface area contributed by atoms with E-state index in [0.29, 0.717) is 17.7 Å². The van der Waals surface area contributed by atoms with Gasteiger partial charge in [-0.2, -0.15) is 4.98 Å². The number of rotatable bonds is 6. The predicted octanol–water partition coefficient (Wildman–Crippen LogP) is 3.56. The van der Waals surface area contributed by atoms with Gasteiger partial charge in [-0.25, -0.2) is 9.48 Å². The molecule has 28 heavy (non-hydrogen) atoms. The maximum Gasteiger partial charge on any atom is 0.352 e. The molecule has 8 heteroatoms. The molecule has 4 rings (SSSR count). The first-order chi connectivity index (χ1) is 13.6. The number of aromatic nitrogens is 3. The monoisotopic (exact) mass is 394 g/mol. The number of fused-ring (bicyclic) bond motifs is 1. The van der Waals surface area contributed by atoms with Gasteiger partial charge in [0.05, 0.1) is 0 Å². The van der Waals surface area contributed by atoms with Crippen molar-refractivity contribution in [3.63, 3.8) is 0 Å². The number of ether oxygens (including phenoxy) is 1. The van der Waals surface area contributed by atoms with Crippen molar-refractivity contribution in [2.24, 2.45) is 0 Å². The molecule has 0 spiro atoms. The zero-order valence-electron chi connectivity index (χ0n) is 15.1. The van der Waals surface area contributed by atoms with Crippen LogP contribution in [0.25, 0.3) is 0 Å². The van der Waals surface area contributed by atoms with E-state index in [9.17, 15) is 9.90 Å². The number of allylic oxidation sites excluding steroid dienone is 1. The van der Waals surface area contributed by atoms with Crippen LogP contribution in [-0.2, 0) is 11.4 Å². The molecule has 2 aromatic carbocycles. The number of benzene rings is 2. The normalized spacial score (nSPS) is 15.3. The molecule has 0 amide bonds. The highest BCUT2D eigenvalue weighted by atomic mass is 32.2. The van der Waals surface area contributed by atoms with E-state index in [0.717, 1.165) is 16.9 Å². The van der Waals surface area contributed by atoms with Gasteiger partial charge in [0.25, 0.3) is 0 Å². The minimum Gasteiger partial charge on any atom is -0.489 e. The molecule has 0 saturated heterocycles. The molecule has 0 radical (unpaired) electrons. The zero-order chi connectivity index (χ0) is 19.5. The van der Waals surface area contributed by atoms with E-state index in [1.807, 2.05) is 60.9 Å². The number of nitrogens with one attached hydrogen (secondary N) is 1. The van der Waals surface area contributed by atoms with E-state index >= 15 is 0 Å². The molecule has 7 nitrogen and oxygen atoms in total. The summed E-state index contributed by atoms with van der Waals surface area (Å²) < 4.78 is 7.52. The molecular formula is C20H18N4O3S. The van der Waals surface area contributed by atoms with E-state index in [2.05, 4.69) is 15.4 Å². The molecule has 2 heterocycles. The van der Waals surface area contributed by atoms with Crippen LogP contribution >= 0.6 is 11.8 Å². The smallest absolute Gasteiger partial charge is 0.352 e. The lowest BCUT2D eigenvalue weighted by Gasteiger charge is -2.22. The van der Waals surface area contributed by atoms with Gasteiger partial charge in [0.1, 0.15) is 24.1 Å². The van der Waals surface area contributed by atoms with Crippen LogP contribution in [-0.4, -0.2) is 32.1 Å². The van der Waals surface area contributed by atoms with Gasteiger partial charge in [-0.3, -0.25) is 0 Å². The Morgan fingerprint density at radius 2 is 1.96 bits per heavy atom. The van der Waals surface area contributed by atoms with E-state index in [-0.39, 0.29) is 11.7 Å². The third-order valence-corrected chi connectivity index (χ3v) is 4.87. The van der Waals surface area contributed by atoms with E-state index < -0.39 is 5.97 Å². The fourth-order valence-corrected chi connectivity index (χ4v) is 3.27. The minimum absolute atomic E-state index is 0.0851. The second kappa shape index (κ2) is 7.77. The Hall–Kier alpha value is -3.26. The van der Waals surface area contributed by atoms with Crippen molar-refractivity contribution in [2.75, 3.05) is 11.6 Å². The van der Waals surface area contributed by atoms with Gasteiger partial charge in [0.2, 0.25) is 11.1 Å². The molecular weight excluding hydrogens is 376 g/mol. The molecule has 0 unspecified atom stereocenters. The Morgan fingerprint density at radius 1 is 1.21 bits per heavy atom. The Balaban J connectivity index is 1.57. The Bertz CT molecular complexity index is 1020. The number of carboxylic acid groups (broad SMARTS) is 1. The van der Waals surface area contributed by atoms with Crippen molar-refractivity contribution >= 4 is 23.7 Å². The lowest BCUT2D eigenvalue weighted by molar-refractivity contribution is -0.132. The number of nitrogens with zero attached hydrogens (tertiary/aromatic N) is 3. The van der Waals surface area contributed by atoms with Crippen LogP contribution in [0.3, 0.4) is 0 Å². The van der Waals surface area contributed by atoms with Crippen LogP contribution in [0.4, 0.5) is 5.95 Å². The fourth-order valence-electron chi connectivity index (χ4n) is 2.92. The summed E-state index contributed by atoms with van der Waals surface area (Å²) in [7, 11) is 0. The van der Waals surface area contributed by atoms with Gasteiger partial charge < -0.3 is 15.2 Å². The van der Waals surface area contributed by atoms with Crippen molar-refractivity contribution in [1.82, 2.24) is 14.8 Å². The number of aliphatic carboxylic acids is 1. The zero-order valence-corrected chi connectivity index (χ0v) is 15.9. The molecule has 0 saturated carbocycles. The first-order valence-corrected chi connectivity index (χ1v) is 9.86. The highest BCUT2D eigenvalue weighted by Crippen LogP contribution is 2.31. The topological polar surface area (TPSA) is 89.3 Å². The van der Waals surface area contributed by atoms with E-state index in [4.69, 9.17) is 4.74 Å². The minimum atomic E-state index is -1.03. The number of anilines is 1. The van der Waals surface area contributed by atoms with Crippen LogP contribution in [0, 0.1) is 0 Å². The number of carbonyl (C=O) groups is 1. The second-order valence-electron chi connectivity index (χ2n) is 6.17. The summed E-state index contributed by atoms with van der Waals surface area (Å²) in [6, 6.07) is 17.2. The van der Waals surface area contributed by atoms with Gasteiger partial charge in [-0.15, -0.1) is 5.10 Å². The standard InChI is InChI=1S/C20H18N4O3S/c1-28-20-22-19-21-16(18(25)26)11-17(24(19)23-20)14-7-9-15(10-8-14)27-12-13-5-3-2-4-6-13/h2-11,17H,12H2,1H3,(H,25,26)(H,21,22,23)/t17-/m1/s1. The van der Waals surface area contributed by atoms with Gasteiger partial charge >= 0.3 is 5.97 Å². The average Bonchev–Trinajstić information content (AvgIpc) is 3.16. The van der Waals surface area contributed by atoms with Crippen LogP contribution in [0.5, 0.6) is 5.75 Å². The molecule has 0 bridgehead atoms. The summed E-state index contributed by atoms with van der Waals surface area (Å²) in [4.78, 5) is 15.8. The van der Waals surface area contributed by atoms with Crippen LogP contribution in [0.2, 0.25) is 0 Å². The first kappa shape index (κ1) is 18.1. The average molecular weight is 394 g/mol. The third-order valence-electron chi connectivity index (χ3n) is 4.33. The van der Waals surface area contributed by atoms with Crippen molar-refractivity contribution in [3.8, 4) is 5.75 Å². The molecule has 0 fully saturated rings. The van der Waals surface area contributed by atoms with Crippen molar-refractivity contribution < 1.29 is 14.6 Å². The molecule has 142 valence electrons. The molecule has 1 aromatic heterocycles. The first-order valence-electron chi connectivity index (χ1n) is 8.63. The van der Waals surface area contributed by atoms with Crippen molar-refractivity contribution in [2.45, 2.75) is 17.8 Å². The van der Waals surface area contributed by atoms with Gasteiger partial charge in [-0.1, -0.05) is 54.2 Å². The van der Waals surface area contributed by atoms with Crippen LogP contribution < -0.4 is 10.1 Å². The Labute approximate surface area is 166 Å². The summed E-state index contributed by atoms with van der Waals surface area (Å²) >= 11 is 1.40. The number of hydrogen-bond donors (Lipinski definition) is 2. The maximum atomic E-state index is 11.5. The maximum absolute atomic E-state index is 11.5. The van der Waals surface area contributed by atoms with Gasteiger partial charge in [0.15, 0.2) is 0 Å². The predicted molar refractivity (Wildman–Crippen MR) is 106 cm³/mol. The highest BCUT2D eigenvalue weighted by molar-refractivity contribution is 7.98. The van der Waals surface area contributed by atoms with E-state index in [1.54, 1.807) is 10.8 Å². The van der Waals surface area contributed by atoms with Gasteiger partial charge in [-0.05, 0) is 35.6 Å². The summed E-state index contributed by atoms with van der Waals surface area (Å²) in [5.41, 5.74) is 2.07. The van der Waals surface area contributed by atoms with Crippen molar-refractivity contribution in [3.05, 3.63) is 77.5 Å². The number of carboxylic acids is 1. The molecule has 1 aliphatic rings. The molecule has 2 N–H and O–H groups in total. The third kappa shape index (κ3) is 3.72. The summed E-state index contributed by atoms with van der Waals surface area (Å²) in [5, 5.41) is 17.3. The second-order valence-corrected chi connectivity index (χ2v) is 6.94. The fraction of sp³-hybridized carbons (Fsp3) is 0.150. The number of thioether (sulfide) groups is 1. The molecule has 3 aromatic rings. The molecule has 1 aliphatic heterocycles. The molecule has 0 aliphatic carbocycles. The van der Waals surface area contributed by atoms with E-state index in [1.165, 1.54) is 11.8 Å². The summed E-state index contributed by atoms with van der Waals surface area (Å²) in [6.45, 7) is 0.487. The van der Waals surface area contributed by atoms with Gasteiger partial charge in [0, 0.05) is 0 Å². The summed E-state index contributed by atoms with van der Waals surface area (Å²) in [5.74, 6) is 0.124. The highest BCUT2D eigenvalue weighted by Gasteiger charge is 2.27.